The van der Waals surface area contributed by atoms with Crippen LogP contribution in [0.15, 0.2) is 10.6 Å². The normalized spacial score (nSPS) is 12.8. The molecular formula is C11H17N3O5S. The third-order valence-electron chi connectivity index (χ3n) is 2.35. The van der Waals surface area contributed by atoms with Crippen LogP contribution in [-0.4, -0.2) is 43.4 Å². The van der Waals surface area contributed by atoms with Crippen molar-refractivity contribution in [3.8, 4) is 0 Å². The zero-order valence-corrected chi connectivity index (χ0v) is 12.3. The number of hydrogen-bond donors (Lipinski definition) is 2. The third-order valence-corrected chi connectivity index (χ3v) is 3.33. The standard InChI is InChI=1S/C11H17N3O5S/c1-7-6-10(14-19-7)13-11(16)9(12-8(2)15)4-5-20(3,17)18/h6,9H,4-5H2,1-3H3,(H,12,15)(H,13,14,16)/t9-/m1/s1. The Morgan fingerprint density at radius 3 is 2.55 bits per heavy atom. The molecule has 8 nitrogen and oxygen atoms in total. The van der Waals surface area contributed by atoms with Gasteiger partial charge in [-0.2, -0.15) is 0 Å². The van der Waals surface area contributed by atoms with Crippen LogP contribution in [0.25, 0.3) is 0 Å². The average Bonchev–Trinajstić information content (AvgIpc) is 2.68. The highest BCUT2D eigenvalue weighted by Gasteiger charge is 2.22. The lowest BCUT2D eigenvalue weighted by Crippen LogP contribution is -2.44. The van der Waals surface area contributed by atoms with E-state index in [0.29, 0.717) is 5.76 Å². The molecule has 112 valence electrons. The Kier molecular flexibility index (Phi) is 5.26. The van der Waals surface area contributed by atoms with Gasteiger partial charge in [-0.3, -0.25) is 9.59 Å². The zero-order valence-electron chi connectivity index (χ0n) is 11.5. The van der Waals surface area contributed by atoms with Gasteiger partial charge in [0.15, 0.2) is 5.82 Å². The number of amides is 2. The van der Waals surface area contributed by atoms with Gasteiger partial charge in [0.2, 0.25) is 11.8 Å². The molecule has 1 aromatic rings. The maximum absolute atomic E-state index is 12.0. The lowest BCUT2D eigenvalue weighted by molar-refractivity contribution is -0.125. The van der Waals surface area contributed by atoms with Gasteiger partial charge in [0.25, 0.3) is 0 Å². The first-order valence-electron chi connectivity index (χ1n) is 5.86. The molecule has 1 atom stereocenters. The monoisotopic (exact) mass is 303 g/mol. The Balaban J connectivity index is 2.71. The van der Waals surface area contributed by atoms with Gasteiger partial charge in [-0.1, -0.05) is 5.16 Å². The zero-order chi connectivity index (χ0) is 15.3. The number of nitrogens with one attached hydrogen (secondary N) is 2. The van der Waals surface area contributed by atoms with E-state index in [-0.39, 0.29) is 18.0 Å². The second-order valence-corrected chi connectivity index (χ2v) is 6.74. The summed E-state index contributed by atoms with van der Waals surface area (Å²) >= 11 is 0. The molecule has 0 aliphatic carbocycles. The van der Waals surface area contributed by atoms with Crippen LogP contribution in [0.3, 0.4) is 0 Å². The molecule has 0 spiro atoms. The minimum atomic E-state index is -3.22. The van der Waals surface area contributed by atoms with E-state index in [1.165, 1.54) is 13.0 Å². The van der Waals surface area contributed by atoms with Gasteiger partial charge in [-0.15, -0.1) is 0 Å². The first-order valence-corrected chi connectivity index (χ1v) is 7.92. The van der Waals surface area contributed by atoms with E-state index in [0.717, 1.165) is 6.26 Å². The van der Waals surface area contributed by atoms with Crippen molar-refractivity contribution >= 4 is 27.5 Å². The lowest BCUT2D eigenvalue weighted by Gasteiger charge is -2.16. The van der Waals surface area contributed by atoms with E-state index in [1.807, 2.05) is 0 Å². The van der Waals surface area contributed by atoms with Gasteiger partial charge in [0, 0.05) is 19.2 Å². The minimum Gasteiger partial charge on any atom is -0.360 e. The van der Waals surface area contributed by atoms with E-state index in [1.54, 1.807) is 6.92 Å². The highest BCUT2D eigenvalue weighted by molar-refractivity contribution is 7.90. The summed E-state index contributed by atoms with van der Waals surface area (Å²) in [7, 11) is -3.22. The topological polar surface area (TPSA) is 118 Å². The predicted molar refractivity (Wildman–Crippen MR) is 71.8 cm³/mol. The Bertz CT molecular complexity index is 593. The fourth-order valence-corrected chi connectivity index (χ4v) is 2.15. The second-order valence-electron chi connectivity index (χ2n) is 4.48. The number of sulfone groups is 1. The van der Waals surface area contributed by atoms with Gasteiger partial charge in [0.05, 0.1) is 5.75 Å². The van der Waals surface area contributed by atoms with Crippen molar-refractivity contribution in [1.82, 2.24) is 10.5 Å². The highest BCUT2D eigenvalue weighted by Crippen LogP contribution is 2.08. The van der Waals surface area contributed by atoms with Crippen molar-refractivity contribution < 1.29 is 22.5 Å². The molecule has 2 N–H and O–H groups in total. The Morgan fingerprint density at radius 1 is 1.45 bits per heavy atom. The summed E-state index contributed by atoms with van der Waals surface area (Å²) in [6.07, 6.45) is 1.05. The molecule has 1 rings (SSSR count). The molecule has 20 heavy (non-hydrogen) atoms. The van der Waals surface area contributed by atoms with E-state index < -0.39 is 27.7 Å². The van der Waals surface area contributed by atoms with E-state index in [4.69, 9.17) is 4.52 Å². The van der Waals surface area contributed by atoms with Crippen LogP contribution in [-0.2, 0) is 19.4 Å². The molecule has 0 fully saturated rings. The van der Waals surface area contributed by atoms with Crippen LogP contribution in [0.5, 0.6) is 0 Å². The van der Waals surface area contributed by atoms with Crippen molar-refractivity contribution in [3.05, 3.63) is 11.8 Å². The average molecular weight is 303 g/mol. The van der Waals surface area contributed by atoms with Crippen molar-refractivity contribution in [1.29, 1.82) is 0 Å². The van der Waals surface area contributed by atoms with Crippen molar-refractivity contribution in [2.75, 3.05) is 17.3 Å². The van der Waals surface area contributed by atoms with Gasteiger partial charge >= 0.3 is 0 Å². The highest BCUT2D eigenvalue weighted by atomic mass is 32.2. The number of carbonyl (C=O) groups excluding carboxylic acids is 2. The number of rotatable bonds is 6. The molecular weight excluding hydrogens is 286 g/mol. The van der Waals surface area contributed by atoms with Crippen molar-refractivity contribution in [3.63, 3.8) is 0 Å². The van der Waals surface area contributed by atoms with Crippen LogP contribution in [0.2, 0.25) is 0 Å². The van der Waals surface area contributed by atoms with Crippen LogP contribution < -0.4 is 10.6 Å². The summed E-state index contributed by atoms with van der Waals surface area (Å²) in [4.78, 5) is 23.0. The van der Waals surface area contributed by atoms with Crippen LogP contribution in [0, 0.1) is 6.92 Å². The molecule has 1 aromatic heterocycles. The van der Waals surface area contributed by atoms with Gasteiger partial charge in [-0.05, 0) is 13.3 Å². The number of anilines is 1. The third kappa shape index (κ3) is 5.83. The molecule has 0 bridgehead atoms. The quantitative estimate of drug-likeness (QED) is 0.755. The molecule has 0 unspecified atom stereocenters. The van der Waals surface area contributed by atoms with Gasteiger partial charge in [-0.25, -0.2) is 8.42 Å². The van der Waals surface area contributed by atoms with Crippen LogP contribution >= 0.6 is 0 Å². The lowest BCUT2D eigenvalue weighted by atomic mass is 10.2. The molecule has 0 radical (unpaired) electrons. The summed E-state index contributed by atoms with van der Waals surface area (Å²) < 4.78 is 27.1. The molecule has 0 saturated heterocycles. The van der Waals surface area contributed by atoms with Crippen LogP contribution in [0.4, 0.5) is 5.82 Å². The number of hydrogen-bond acceptors (Lipinski definition) is 6. The Morgan fingerprint density at radius 2 is 2.10 bits per heavy atom. The summed E-state index contributed by atoms with van der Waals surface area (Å²) in [5.74, 6) is -0.440. The minimum absolute atomic E-state index is 0.0128. The first kappa shape index (κ1) is 16.2. The maximum atomic E-state index is 12.0. The number of aromatic nitrogens is 1. The Hall–Kier alpha value is -1.90. The van der Waals surface area contributed by atoms with Crippen molar-refractivity contribution in [2.24, 2.45) is 0 Å². The molecule has 0 saturated carbocycles. The largest absolute Gasteiger partial charge is 0.360 e. The molecule has 0 aliphatic rings. The van der Waals surface area contributed by atoms with Crippen LogP contribution in [0.1, 0.15) is 19.1 Å². The van der Waals surface area contributed by atoms with E-state index >= 15 is 0 Å². The van der Waals surface area contributed by atoms with Crippen molar-refractivity contribution in [2.45, 2.75) is 26.3 Å². The molecule has 1 heterocycles. The predicted octanol–water partition coefficient (Wildman–Crippen LogP) is -0.139. The van der Waals surface area contributed by atoms with E-state index in [9.17, 15) is 18.0 Å². The summed E-state index contributed by atoms with van der Waals surface area (Å²) in [6.45, 7) is 2.92. The SMILES string of the molecule is CC(=O)N[C@H](CCS(C)(=O)=O)C(=O)Nc1cc(C)on1. The second kappa shape index (κ2) is 6.51. The summed E-state index contributed by atoms with van der Waals surface area (Å²) in [5.41, 5.74) is 0. The van der Waals surface area contributed by atoms with E-state index in [2.05, 4.69) is 15.8 Å². The first-order chi connectivity index (χ1) is 9.17. The maximum Gasteiger partial charge on any atom is 0.248 e. The number of aryl methyl sites for hydroxylation is 1. The molecule has 0 aliphatic heterocycles. The molecule has 9 heteroatoms. The fraction of sp³-hybridized carbons (Fsp3) is 0.545. The summed E-state index contributed by atoms with van der Waals surface area (Å²) in [5, 5.41) is 8.44. The van der Waals surface area contributed by atoms with Gasteiger partial charge in [0.1, 0.15) is 21.6 Å². The fourth-order valence-electron chi connectivity index (χ4n) is 1.48. The molecule has 2 amide bonds. The number of carbonyl (C=O) groups is 2. The Labute approximate surface area is 116 Å². The number of nitrogens with zero attached hydrogens (tertiary/aromatic N) is 1. The summed E-state index contributed by atoms with van der Waals surface area (Å²) in [6, 6.07) is 0.568. The smallest absolute Gasteiger partial charge is 0.248 e. The molecule has 0 aromatic carbocycles. The van der Waals surface area contributed by atoms with Gasteiger partial charge < -0.3 is 15.2 Å².